The molecule has 0 unspecified atom stereocenters. The van der Waals surface area contributed by atoms with E-state index in [0.717, 1.165) is 24.8 Å². The highest BCUT2D eigenvalue weighted by atomic mass is 16.7. The van der Waals surface area contributed by atoms with Crippen molar-refractivity contribution in [2.45, 2.75) is 44.5 Å². The summed E-state index contributed by atoms with van der Waals surface area (Å²) in [6.45, 7) is 4.95. The highest BCUT2D eigenvalue weighted by molar-refractivity contribution is 5.21. The number of hydrogen-bond acceptors (Lipinski definition) is 3. The van der Waals surface area contributed by atoms with Gasteiger partial charge in [0.25, 0.3) is 0 Å². The second-order valence-corrected chi connectivity index (χ2v) is 4.59. The third-order valence-corrected chi connectivity index (χ3v) is 2.93. The molecule has 0 atom stereocenters. The molecule has 80 valence electrons. The van der Waals surface area contributed by atoms with Crippen LogP contribution in [0.15, 0.2) is 11.6 Å². The Morgan fingerprint density at radius 1 is 1.36 bits per heavy atom. The summed E-state index contributed by atoms with van der Waals surface area (Å²) in [4.78, 5) is 0. The van der Waals surface area contributed by atoms with Crippen LogP contribution in [0.3, 0.4) is 0 Å². The third-order valence-electron chi connectivity index (χ3n) is 2.93. The topological polar surface area (TPSA) is 38.7 Å². The van der Waals surface area contributed by atoms with E-state index in [1.807, 2.05) is 19.9 Å². The molecule has 1 N–H and O–H groups in total. The summed E-state index contributed by atoms with van der Waals surface area (Å²) in [5.41, 5.74) is 0.286. The van der Waals surface area contributed by atoms with Crippen LogP contribution < -0.4 is 0 Å². The van der Waals surface area contributed by atoms with Gasteiger partial charge < -0.3 is 14.6 Å². The predicted octanol–water partition coefficient (Wildman–Crippen LogP) is 1.61. The van der Waals surface area contributed by atoms with Gasteiger partial charge in [0.15, 0.2) is 5.79 Å². The van der Waals surface area contributed by atoms with E-state index in [1.54, 1.807) is 0 Å². The lowest BCUT2D eigenvalue weighted by molar-refractivity contribution is -0.127. The molecule has 1 spiro atoms. The van der Waals surface area contributed by atoms with Gasteiger partial charge in [0, 0.05) is 6.42 Å². The van der Waals surface area contributed by atoms with Gasteiger partial charge in [-0.15, -0.1) is 0 Å². The van der Waals surface area contributed by atoms with Crippen LogP contribution in [0, 0.1) is 0 Å². The molecule has 3 nitrogen and oxygen atoms in total. The summed E-state index contributed by atoms with van der Waals surface area (Å²) in [7, 11) is 0. The maximum absolute atomic E-state index is 9.91. The minimum Gasteiger partial charge on any atom is -0.386 e. The van der Waals surface area contributed by atoms with Crippen LogP contribution in [-0.2, 0) is 9.47 Å². The summed E-state index contributed by atoms with van der Waals surface area (Å²) in [6.07, 6.45) is 4.85. The summed E-state index contributed by atoms with van der Waals surface area (Å²) < 4.78 is 11.2. The molecule has 0 amide bonds. The van der Waals surface area contributed by atoms with E-state index < -0.39 is 11.4 Å². The smallest absolute Gasteiger partial charge is 0.188 e. The molecular weight excluding hydrogens is 180 g/mol. The van der Waals surface area contributed by atoms with Crippen molar-refractivity contribution in [3.8, 4) is 0 Å². The lowest BCUT2D eigenvalue weighted by Gasteiger charge is -2.33. The molecule has 1 aliphatic heterocycles. The zero-order valence-corrected chi connectivity index (χ0v) is 8.88. The fourth-order valence-corrected chi connectivity index (χ4v) is 2.12. The molecule has 2 aliphatic rings. The van der Waals surface area contributed by atoms with Crippen molar-refractivity contribution >= 4 is 0 Å². The number of hydrogen-bond donors (Lipinski definition) is 1. The molecule has 0 saturated carbocycles. The van der Waals surface area contributed by atoms with Crippen molar-refractivity contribution in [1.82, 2.24) is 0 Å². The van der Waals surface area contributed by atoms with E-state index in [-0.39, 0.29) is 0 Å². The van der Waals surface area contributed by atoms with E-state index >= 15 is 0 Å². The van der Waals surface area contributed by atoms with Gasteiger partial charge in [-0.25, -0.2) is 0 Å². The van der Waals surface area contributed by atoms with Crippen LogP contribution in [-0.4, -0.2) is 29.7 Å². The molecule has 0 aromatic heterocycles. The van der Waals surface area contributed by atoms with Gasteiger partial charge in [0.2, 0.25) is 0 Å². The van der Waals surface area contributed by atoms with Crippen LogP contribution in [0.4, 0.5) is 0 Å². The van der Waals surface area contributed by atoms with E-state index in [9.17, 15) is 5.11 Å². The van der Waals surface area contributed by atoms with Gasteiger partial charge in [0.1, 0.15) is 0 Å². The van der Waals surface area contributed by atoms with Crippen LogP contribution in [0.2, 0.25) is 0 Å². The first-order valence-electron chi connectivity index (χ1n) is 5.24. The molecular formula is C11H18O3. The van der Waals surface area contributed by atoms with Crippen molar-refractivity contribution in [2.75, 3.05) is 13.2 Å². The second kappa shape index (κ2) is 3.33. The van der Waals surface area contributed by atoms with Gasteiger partial charge in [-0.05, 0) is 38.3 Å². The normalized spacial score (nSPS) is 26.6. The minimum atomic E-state index is -0.747. The highest BCUT2D eigenvalue weighted by Crippen LogP contribution is 2.37. The first-order chi connectivity index (χ1) is 6.52. The zero-order chi connectivity index (χ0) is 10.2. The van der Waals surface area contributed by atoms with Crippen LogP contribution in [0.5, 0.6) is 0 Å². The first-order valence-corrected chi connectivity index (χ1v) is 5.24. The van der Waals surface area contributed by atoms with Gasteiger partial charge in [0.05, 0.1) is 18.8 Å². The molecule has 1 saturated heterocycles. The van der Waals surface area contributed by atoms with E-state index in [2.05, 4.69) is 0 Å². The average Bonchev–Trinajstić information content (AvgIpc) is 2.52. The average molecular weight is 198 g/mol. The Kier molecular flexibility index (Phi) is 2.41. The van der Waals surface area contributed by atoms with Crippen molar-refractivity contribution in [3.63, 3.8) is 0 Å². The third kappa shape index (κ3) is 1.85. The Hall–Kier alpha value is -0.380. The van der Waals surface area contributed by atoms with Gasteiger partial charge in [-0.2, -0.15) is 0 Å². The number of rotatable bonds is 1. The van der Waals surface area contributed by atoms with E-state index in [0.29, 0.717) is 13.2 Å². The monoisotopic (exact) mass is 198 g/mol. The fraction of sp³-hybridized carbons (Fsp3) is 0.818. The summed E-state index contributed by atoms with van der Waals surface area (Å²) in [5.74, 6) is -0.520. The molecule has 2 rings (SSSR count). The Morgan fingerprint density at radius 3 is 2.57 bits per heavy atom. The SMILES string of the molecule is CC(C)(O)C1=CC2(CCC1)OCCO2. The number of ether oxygens (including phenoxy) is 2. The maximum Gasteiger partial charge on any atom is 0.188 e. The molecule has 0 aromatic rings. The maximum atomic E-state index is 9.91. The van der Waals surface area contributed by atoms with Crippen LogP contribution in [0.25, 0.3) is 0 Å². The van der Waals surface area contributed by atoms with Gasteiger partial charge in [-0.3, -0.25) is 0 Å². The Labute approximate surface area is 84.7 Å². The predicted molar refractivity (Wildman–Crippen MR) is 52.9 cm³/mol. The molecule has 0 aromatic carbocycles. The fourth-order valence-electron chi connectivity index (χ4n) is 2.12. The first kappa shape index (κ1) is 10.1. The van der Waals surface area contributed by atoms with Crippen molar-refractivity contribution < 1.29 is 14.6 Å². The van der Waals surface area contributed by atoms with Crippen LogP contribution >= 0.6 is 0 Å². The van der Waals surface area contributed by atoms with Crippen LogP contribution in [0.1, 0.15) is 33.1 Å². The number of aliphatic hydroxyl groups is 1. The summed E-state index contributed by atoms with van der Waals surface area (Å²) in [6, 6.07) is 0. The molecule has 1 fully saturated rings. The largest absolute Gasteiger partial charge is 0.386 e. The van der Waals surface area contributed by atoms with E-state index in [1.165, 1.54) is 0 Å². The Morgan fingerprint density at radius 2 is 2.00 bits per heavy atom. The van der Waals surface area contributed by atoms with Gasteiger partial charge in [-0.1, -0.05) is 0 Å². The molecule has 1 heterocycles. The van der Waals surface area contributed by atoms with Crippen molar-refractivity contribution in [2.24, 2.45) is 0 Å². The second-order valence-electron chi connectivity index (χ2n) is 4.59. The quantitative estimate of drug-likeness (QED) is 0.650. The van der Waals surface area contributed by atoms with Crippen molar-refractivity contribution in [1.29, 1.82) is 0 Å². The Bertz CT molecular complexity index is 244. The van der Waals surface area contributed by atoms with E-state index in [4.69, 9.17) is 9.47 Å². The molecule has 14 heavy (non-hydrogen) atoms. The molecule has 0 radical (unpaired) electrons. The highest BCUT2D eigenvalue weighted by Gasteiger charge is 2.38. The standard InChI is InChI=1S/C11H18O3/c1-10(2,12)9-4-3-5-11(8-9)13-6-7-14-11/h8,12H,3-7H2,1-2H3. The summed E-state index contributed by atoms with van der Waals surface area (Å²) in [5, 5.41) is 9.91. The minimum absolute atomic E-state index is 0.520. The molecule has 3 heteroatoms. The molecule has 1 aliphatic carbocycles. The lowest BCUT2D eigenvalue weighted by atomic mass is 9.85. The van der Waals surface area contributed by atoms with Crippen molar-refractivity contribution in [3.05, 3.63) is 11.6 Å². The zero-order valence-electron chi connectivity index (χ0n) is 8.88. The lowest BCUT2D eigenvalue weighted by Crippen LogP contribution is -2.35. The summed E-state index contributed by atoms with van der Waals surface area (Å²) >= 11 is 0. The Balaban J connectivity index is 2.22. The molecule has 0 bridgehead atoms. The van der Waals surface area contributed by atoms with Gasteiger partial charge >= 0.3 is 0 Å².